The Balaban J connectivity index is 2.43. The normalized spacial score (nSPS) is 27.1. The Morgan fingerprint density at radius 1 is 1.77 bits per heavy atom. The topological polar surface area (TPSA) is 75.6 Å². The highest BCUT2D eigenvalue weighted by Gasteiger charge is 2.36. The van der Waals surface area contributed by atoms with E-state index in [9.17, 15) is 14.7 Å². The van der Waals surface area contributed by atoms with Crippen LogP contribution in [0.3, 0.4) is 0 Å². The van der Waals surface area contributed by atoms with Gasteiger partial charge in [-0.15, -0.1) is 11.6 Å². The molecule has 2 N–H and O–H groups in total. The largest absolute Gasteiger partial charge is 0.461 e. The van der Waals surface area contributed by atoms with Crippen LogP contribution in [-0.4, -0.2) is 41.6 Å². The molecule has 1 aliphatic heterocycles. The number of carbonyl (C=O) groups excluding carboxylic acids is 2. The maximum atomic E-state index is 11.0. The highest BCUT2D eigenvalue weighted by Crippen LogP contribution is 2.07. The molecule has 0 saturated carbocycles. The van der Waals surface area contributed by atoms with Gasteiger partial charge < -0.3 is 15.2 Å². The number of cyclic esters (lactones) is 1. The predicted molar refractivity (Wildman–Crippen MR) is 44.2 cm³/mol. The summed E-state index contributed by atoms with van der Waals surface area (Å²) in [5.41, 5.74) is 0. The first-order chi connectivity index (χ1) is 6.15. The van der Waals surface area contributed by atoms with Crippen molar-refractivity contribution in [3.05, 3.63) is 0 Å². The summed E-state index contributed by atoms with van der Waals surface area (Å²) in [6.07, 6.45) is -0.829. The Labute approximate surface area is 80.0 Å². The standard InChI is InChI=1S/C7H10ClNO4/c8-2-1-5(11)9-6-4(10)3-13-7(6)12/h4,6,10H,1-3H2,(H,9,11)/t4-,6-/m1/s1. The lowest BCUT2D eigenvalue weighted by Crippen LogP contribution is -2.44. The van der Waals surface area contributed by atoms with E-state index in [1.54, 1.807) is 0 Å². The van der Waals surface area contributed by atoms with Crippen molar-refractivity contribution in [2.75, 3.05) is 12.5 Å². The number of alkyl halides is 1. The number of ether oxygens (including phenoxy) is 1. The van der Waals surface area contributed by atoms with Crippen LogP contribution in [0.25, 0.3) is 0 Å². The summed E-state index contributed by atoms with van der Waals surface area (Å²) in [5.74, 6) is -0.780. The molecule has 6 heteroatoms. The van der Waals surface area contributed by atoms with Crippen LogP contribution in [0.5, 0.6) is 0 Å². The average molecular weight is 208 g/mol. The number of hydrogen-bond acceptors (Lipinski definition) is 4. The Bertz CT molecular complexity index is 221. The molecule has 1 fully saturated rings. The van der Waals surface area contributed by atoms with Crippen molar-refractivity contribution >= 4 is 23.5 Å². The summed E-state index contributed by atoms with van der Waals surface area (Å²) in [5, 5.41) is 11.5. The molecule has 5 nitrogen and oxygen atoms in total. The third kappa shape index (κ3) is 2.57. The van der Waals surface area contributed by atoms with Crippen molar-refractivity contribution in [1.82, 2.24) is 5.32 Å². The lowest BCUT2D eigenvalue weighted by atomic mass is 10.2. The Morgan fingerprint density at radius 2 is 2.46 bits per heavy atom. The second-order valence-electron chi connectivity index (χ2n) is 2.68. The van der Waals surface area contributed by atoms with Gasteiger partial charge in [0.25, 0.3) is 0 Å². The monoisotopic (exact) mass is 207 g/mol. The van der Waals surface area contributed by atoms with Gasteiger partial charge in [0.2, 0.25) is 5.91 Å². The van der Waals surface area contributed by atoms with E-state index < -0.39 is 18.1 Å². The summed E-state index contributed by atoms with van der Waals surface area (Å²) in [7, 11) is 0. The fraction of sp³-hybridized carbons (Fsp3) is 0.714. The van der Waals surface area contributed by atoms with E-state index in [1.807, 2.05) is 0 Å². The van der Waals surface area contributed by atoms with E-state index >= 15 is 0 Å². The van der Waals surface area contributed by atoms with Crippen molar-refractivity contribution < 1.29 is 19.4 Å². The number of rotatable bonds is 3. The van der Waals surface area contributed by atoms with Crippen molar-refractivity contribution in [1.29, 1.82) is 0 Å². The van der Waals surface area contributed by atoms with Crippen molar-refractivity contribution in [2.45, 2.75) is 18.6 Å². The lowest BCUT2D eigenvalue weighted by molar-refractivity contribution is -0.141. The van der Waals surface area contributed by atoms with Gasteiger partial charge in [-0.3, -0.25) is 4.79 Å². The van der Waals surface area contributed by atoms with Crippen LogP contribution in [0.2, 0.25) is 0 Å². The Kier molecular flexibility index (Phi) is 3.50. The van der Waals surface area contributed by atoms with Crippen molar-refractivity contribution in [2.24, 2.45) is 0 Å². The van der Waals surface area contributed by atoms with Gasteiger partial charge in [0.15, 0.2) is 6.04 Å². The molecule has 1 heterocycles. The minimum atomic E-state index is -0.952. The number of aliphatic hydroxyl groups is 1. The number of nitrogens with one attached hydrogen (secondary N) is 1. The number of amides is 1. The fourth-order valence-electron chi connectivity index (χ4n) is 0.997. The fourth-order valence-corrected chi connectivity index (χ4v) is 1.17. The number of halogens is 1. The molecule has 1 amide bonds. The molecule has 0 radical (unpaired) electrons. The molecule has 0 unspecified atom stereocenters. The van der Waals surface area contributed by atoms with Crippen LogP contribution < -0.4 is 5.32 Å². The molecule has 0 aliphatic carbocycles. The van der Waals surface area contributed by atoms with Gasteiger partial charge in [-0.1, -0.05) is 0 Å². The second kappa shape index (κ2) is 4.43. The first-order valence-electron chi connectivity index (χ1n) is 3.85. The lowest BCUT2D eigenvalue weighted by Gasteiger charge is -2.10. The van der Waals surface area contributed by atoms with Crippen LogP contribution in [-0.2, 0) is 14.3 Å². The highest BCUT2D eigenvalue weighted by molar-refractivity contribution is 6.18. The van der Waals surface area contributed by atoms with E-state index in [2.05, 4.69) is 10.1 Å². The summed E-state index contributed by atoms with van der Waals surface area (Å²) in [6, 6.07) is -0.935. The van der Waals surface area contributed by atoms with Gasteiger partial charge in [-0.25, -0.2) is 4.79 Å². The smallest absolute Gasteiger partial charge is 0.331 e. The van der Waals surface area contributed by atoms with E-state index in [4.69, 9.17) is 11.6 Å². The van der Waals surface area contributed by atoms with Crippen LogP contribution in [0, 0.1) is 0 Å². The van der Waals surface area contributed by atoms with Crippen LogP contribution >= 0.6 is 11.6 Å². The molecule has 0 aromatic heterocycles. The van der Waals surface area contributed by atoms with Gasteiger partial charge in [-0.05, 0) is 0 Å². The zero-order valence-corrected chi connectivity index (χ0v) is 7.58. The third-order valence-corrected chi connectivity index (χ3v) is 1.86. The van der Waals surface area contributed by atoms with Gasteiger partial charge in [0, 0.05) is 12.3 Å². The molecule has 1 rings (SSSR count). The average Bonchev–Trinajstić information content (AvgIpc) is 2.36. The summed E-state index contributed by atoms with van der Waals surface area (Å²) in [4.78, 5) is 21.9. The number of hydrogen-bond donors (Lipinski definition) is 2. The Hall–Kier alpha value is -0.810. The Morgan fingerprint density at radius 3 is 2.92 bits per heavy atom. The molecule has 13 heavy (non-hydrogen) atoms. The zero-order chi connectivity index (χ0) is 9.84. The molecule has 0 bridgehead atoms. The van der Waals surface area contributed by atoms with E-state index in [0.29, 0.717) is 0 Å². The molecule has 0 aromatic carbocycles. The van der Waals surface area contributed by atoms with Gasteiger partial charge >= 0.3 is 5.97 Å². The number of aliphatic hydroxyl groups excluding tert-OH is 1. The molecule has 74 valence electrons. The SMILES string of the molecule is O=C(CCCl)N[C@H]1C(=O)OC[C@H]1O. The maximum Gasteiger partial charge on any atom is 0.331 e. The van der Waals surface area contributed by atoms with Crippen molar-refractivity contribution in [3.63, 3.8) is 0 Å². The van der Waals surface area contributed by atoms with E-state index in [0.717, 1.165) is 0 Å². The zero-order valence-electron chi connectivity index (χ0n) is 6.83. The van der Waals surface area contributed by atoms with Crippen LogP contribution in [0.15, 0.2) is 0 Å². The van der Waals surface area contributed by atoms with Gasteiger partial charge in [0.05, 0.1) is 0 Å². The first kappa shape index (κ1) is 10.3. The summed E-state index contributed by atoms with van der Waals surface area (Å²) >= 11 is 5.32. The van der Waals surface area contributed by atoms with Crippen LogP contribution in [0.4, 0.5) is 0 Å². The van der Waals surface area contributed by atoms with E-state index in [1.165, 1.54) is 0 Å². The molecule has 2 atom stereocenters. The van der Waals surface area contributed by atoms with Crippen LogP contribution in [0.1, 0.15) is 6.42 Å². The molecule has 1 aliphatic rings. The third-order valence-electron chi connectivity index (χ3n) is 1.67. The summed E-state index contributed by atoms with van der Waals surface area (Å²) in [6.45, 7) is -0.0648. The minimum Gasteiger partial charge on any atom is -0.461 e. The second-order valence-corrected chi connectivity index (χ2v) is 3.06. The predicted octanol–water partition coefficient (Wildman–Crippen LogP) is -0.982. The minimum absolute atomic E-state index is 0.0648. The van der Waals surface area contributed by atoms with Gasteiger partial charge in [0.1, 0.15) is 12.7 Å². The molecular weight excluding hydrogens is 198 g/mol. The number of esters is 1. The molecule has 1 saturated heterocycles. The van der Waals surface area contributed by atoms with Gasteiger partial charge in [-0.2, -0.15) is 0 Å². The maximum absolute atomic E-state index is 11.0. The van der Waals surface area contributed by atoms with E-state index in [-0.39, 0.29) is 24.8 Å². The first-order valence-corrected chi connectivity index (χ1v) is 4.38. The van der Waals surface area contributed by atoms with Crippen molar-refractivity contribution in [3.8, 4) is 0 Å². The highest BCUT2D eigenvalue weighted by atomic mass is 35.5. The number of carbonyl (C=O) groups is 2. The molecule has 0 spiro atoms. The molecular formula is C7H10ClNO4. The molecule has 0 aromatic rings. The quantitative estimate of drug-likeness (QED) is 0.461. The summed E-state index contributed by atoms with van der Waals surface area (Å²) < 4.78 is 4.52.